The van der Waals surface area contributed by atoms with Crippen LogP contribution in [0.15, 0.2) is 78.9 Å². The SMILES string of the molecule is CCOC(=O)c1ccc(NC(=O)N2CCN(C(=O)c3cc(-c4ccc(OC)cc4)n(-c4ccccc4Cl)c3C)CC2)cc1. The van der Waals surface area contributed by atoms with Gasteiger partial charge in [-0.1, -0.05) is 23.7 Å². The van der Waals surface area contributed by atoms with Crippen LogP contribution in [0.5, 0.6) is 5.75 Å². The number of piperazine rings is 1. The van der Waals surface area contributed by atoms with Crippen molar-refractivity contribution in [3.8, 4) is 22.7 Å². The van der Waals surface area contributed by atoms with Crippen molar-refractivity contribution < 1.29 is 23.9 Å². The van der Waals surface area contributed by atoms with E-state index in [-0.39, 0.29) is 11.9 Å². The molecule has 0 atom stereocenters. The van der Waals surface area contributed by atoms with E-state index in [0.717, 1.165) is 28.4 Å². The average Bonchev–Trinajstić information content (AvgIpc) is 3.38. The number of anilines is 1. The van der Waals surface area contributed by atoms with E-state index in [1.165, 1.54) is 0 Å². The van der Waals surface area contributed by atoms with Crippen LogP contribution in [0.3, 0.4) is 0 Å². The van der Waals surface area contributed by atoms with Crippen LogP contribution in [0.4, 0.5) is 10.5 Å². The van der Waals surface area contributed by atoms with Crippen LogP contribution in [0.2, 0.25) is 5.02 Å². The smallest absolute Gasteiger partial charge is 0.338 e. The molecule has 2 heterocycles. The molecular weight excluding hydrogens is 568 g/mol. The van der Waals surface area contributed by atoms with Gasteiger partial charge in [-0.2, -0.15) is 0 Å². The molecule has 0 saturated carbocycles. The van der Waals surface area contributed by atoms with E-state index < -0.39 is 5.97 Å². The summed E-state index contributed by atoms with van der Waals surface area (Å²) in [7, 11) is 1.62. The Bertz CT molecular complexity index is 1620. The van der Waals surface area contributed by atoms with E-state index >= 15 is 0 Å². The van der Waals surface area contributed by atoms with E-state index in [1.807, 2.05) is 66.1 Å². The quantitative estimate of drug-likeness (QED) is 0.252. The number of hydrogen-bond donors (Lipinski definition) is 1. The molecule has 0 bridgehead atoms. The first kappa shape index (κ1) is 29.7. The second-order valence-electron chi connectivity index (χ2n) is 10.1. The van der Waals surface area contributed by atoms with Crippen molar-refractivity contribution in [2.45, 2.75) is 13.8 Å². The second kappa shape index (κ2) is 13.0. The number of nitrogens with one attached hydrogen (secondary N) is 1. The molecule has 222 valence electrons. The Hall–Kier alpha value is -4.76. The molecule has 0 radical (unpaired) electrons. The number of ether oxygens (including phenoxy) is 2. The van der Waals surface area contributed by atoms with Crippen LogP contribution in [-0.2, 0) is 4.74 Å². The average molecular weight is 601 g/mol. The van der Waals surface area contributed by atoms with E-state index in [1.54, 1.807) is 48.1 Å². The van der Waals surface area contributed by atoms with E-state index in [9.17, 15) is 14.4 Å². The van der Waals surface area contributed by atoms with Crippen molar-refractivity contribution in [1.29, 1.82) is 0 Å². The molecule has 3 amide bonds. The number of halogens is 1. The summed E-state index contributed by atoms with van der Waals surface area (Å²) in [6.45, 7) is 5.51. The third-order valence-electron chi connectivity index (χ3n) is 7.46. The normalized spacial score (nSPS) is 13.0. The second-order valence-corrected chi connectivity index (χ2v) is 10.5. The summed E-state index contributed by atoms with van der Waals surface area (Å²) in [5, 5.41) is 3.44. The highest BCUT2D eigenvalue weighted by Gasteiger charge is 2.28. The molecule has 4 aromatic rings. The van der Waals surface area contributed by atoms with Gasteiger partial charge in [-0.05, 0) is 86.1 Å². The molecule has 1 saturated heterocycles. The summed E-state index contributed by atoms with van der Waals surface area (Å²) in [6, 6.07) is 23.4. The van der Waals surface area contributed by atoms with Gasteiger partial charge in [-0.15, -0.1) is 0 Å². The Labute approximate surface area is 255 Å². The number of esters is 1. The molecule has 0 aliphatic carbocycles. The Balaban J connectivity index is 1.31. The number of rotatable bonds is 7. The molecule has 1 N–H and O–H groups in total. The largest absolute Gasteiger partial charge is 0.497 e. The van der Waals surface area contributed by atoms with Crippen LogP contribution >= 0.6 is 11.6 Å². The summed E-state index contributed by atoms with van der Waals surface area (Å²) in [4.78, 5) is 42.1. The fourth-order valence-corrected chi connectivity index (χ4v) is 5.35. The monoisotopic (exact) mass is 600 g/mol. The molecule has 1 fully saturated rings. The molecule has 1 aliphatic rings. The van der Waals surface area contributed by atoms with Gasteiger partial charge in [0.25, 0.3) is 5.91 Å². The maximum atomic E-state index is 13.8. The zero-order valence-corrected chi connectivity index (χ0v) is 25.1. The number of nitrogens with zero attached hydrogens (tertiary/aromatic N) is 3. The molecule has 3 aromatic carbocycles. The zero-order chi connectivity index (χ0) is 30.5. The fraction of sp³-hybridized carbons (Fsp3) is 0.242. The molecule has 0 spiro atoms. The molecular formula is C33H33ClN4O5. The van der Waals surface area contributed by atoms with Crippen molar-refractivity contribution >= 4 is 35.2 Å². The van der Waals surface area contributed by atoms with Crippen molar-refractivity contribution in [2.75, 3.05) is 45.2 Å². The number of aromatic nitrogens is 1. The standard InChI is InChI=1S/C33H33ClN4O5/c1-4-43-32(40)24-9-13-25(14-10-24)35-33(41)37-19-17-36(18-20-37)31(39)27-21-30(23-11-15-26(42-3)16-12-23)38(22(27)2)29-8-6-5-7-28(29)34/h5-16,21H,4,17-20H2,1-3H3,(H,35,41). The van der Waals surface area contributed by atoms with Gasteiger partial charge in [-0.3, -0.25) is 4.79 Å². The number of carbonyl (C=O) groups is 3. The maximum Gasteiger partial charge on any atom is 0.338 e. The van der Waals surface area contributed by atoms with Gasteiger partial charge in [0, 0.05) is 37.6 Å². The predicted molar refractivity (Wildman–Crippen MR) is 166 cm³/mol. The van der Waals surface area contributed by atoms with Crippen LogP contribution < -0.4 is 10.1 Å². The summed E-state index contributed by atoms with van der Waals surface area (Å²) in [6.07, 6.45) is 0. The first-order chi connectivity index (χ1) is 20.8. The number of para-hydroxylation sites is 1. The topological polar surface area (TPSA) is 93.1 Å². The summed E-state index contributed by atoms with van der Waals surface area (Å²) < 4.78 is 12.3. The molecule has 9 nitrogen and oxygen atoms in total. The first-order valence-electron chi connectivity index (χ1n) is 14.0. The minimum Gasteiger partial charge on any atom is -0.497 e. The minimum absolute atomic E-state index is 0.104. The highest BCUT2D eigenvalue weighted by molar-refractivity contribution is 6.32. The van der Waals surface area contributed by atoms with Crippen LogP contribution in [0.1, 0.15) is 33.3 Å². The van der Waals surface area contributed by atoms with Crippen molar-refractivity contribution in [1.82, 2.24) is 14.4 Å². The Morgan fingerprint density at radius 2 is 1.53 bits per heavy atom. The molecule has 43 heavy (non-hydrogen) atoms. The maximum absolute atomic E-state index is 13.8. The lowest BCUT2D eigenvalue weighted by Crippen LogP contribution is -2.51. The fourth-order valence-electron chi connectivity index (χ4n) is 5.13. The van der Waals surface area contributed by atoms with Crippen molar-refractivity contribution in [3.05, 3.63) is 101 Å². The van der Waals surface area contributed by atoms with Gasteiger partial charge < -0.3 is 29.2 Å². The molecule has 1 aliphatic heterocycles. The summed E-state index contributed by atoms with van der Waals surface area (Å²) in [5.41, 5.74) is 4.87. The first-order valence-corrected chi connectivity index (χ1v) is 14.4. The third-order valence-corrected chi connectivity index (χ3v) is 7.78. The number of amides is 3. The zero-order valence-electron chi connectivity index (χ0n) is 24.3. The lowest BCUT2D eigenvalue weighted by Gasteiger charge is -2.34. The Morgan fingerprint density at radius 1 is 0.884 bits per heavy atom. The number of urea groups is 1. The number of methoxy groups -OCH3 is 1. The van der Waals surface area contributed by atoms with Crippen LogP contribution in [0, 0.1) is 6.92 Å². The molecule has 0 unspecified atom stereocenters. The lowest BCUT2D eigenvalue weighted by molar-refractivity contribution is 0.0526. The molecule has 10 heteroatoms. The lowest BCUT2D eigenvalue weighted by atomic mass is 10.1. The van der Waals surface area contributed by atoms with E-state index in [2.05, 4.69) is 5.32 Å². The van der Waals surface area contributed by atoms with E-state index in [4.69, 9.17) is 21.1 Å². The number of carbonyl (C=O) groups excluding carboxylic acids is 3. The Morgan fingerprint density at radius 3 is 2.16 bits per heavy atom. The van der Waals surface area contributed by atoms with Gasteiger partial charge in [0.1, 0.15) is 5.75 Å². The highest BCUT2D eigenvalue weighted by atomic mass is 35.5. The van der Waals surface area contributed by atoms with Gasteiger partial charge in [0.15, 0.2) is 0 Å². The van der Waals surface area contributed by atoms with Gasteiger partial charge in [0.2, 0.25) is 0 Å². The number of benzene rings is 3. The summed E-state index contributed by atoms with van der Waals surface area (Å²) in [5.74, 6) is 0.227. The van der Waals surface area contributed by atoms with Crippen molar-refractivity contribution in [2.24, 2.45) is 0 Å². The minimum atomic E-state index is -0.408. The highest BCUT2D eigenvalue weighted by Crippen LogP contribution is 2.34. The molecule has 1 aromatic heterocycles. The predicted octanol–water partition coefficient (Wildman–Crippen LogP) is 6.28. The van der Waals surface area contributed by atoms with Crippen molar-refractivity contribution in [3.63, 3.8) is 0 Å². The van der Waals surface area contributed by atoms with Crippen LogP contribution in [-0.4, -0.2) is 72.2 Å². The van der Waals surface area contributed by atoms with Gasteiger partial charge in [-0.25, -0.2) is 9.59 Å². The number of hydrogen-bond acceptors (Lipinski definition) is 5. The van der Waals surface area contributed by atoms with Gasteiger partial charge in [0.05, 0.1) is 41.2 Å². The third kappa shape index (κ3) is 6.36. The van der Waals surface area contributed by atoms with E-state index in [0.29, 0.717) is 54.6 Å². The van der Waals surface area contributed by atoms with Gasteiger partial charge >= 0.3 is 12.0 Å². The summed E-state index contributed by atoms with van der Waals surface area (Å²) >= 11 is 6.61. The Kier molecular flexibility index (Phi) is 9.01. The van der Waals surface area contributed by atoms with Crippen LogP contribution in [0.25, 0.3) is 16.9 Å². The molecule has 5 rings (SSSR count).